The minimum absolute atomic E-state index is 0.372. The lowest BCUT2D eigenvalue weighted by Crippen LogP contribution is -2.36. The summed E-state index contributed by atoms with van der Waals surface area (Å²) in [7, 11) is 0. The third kappa shape index (κ3) is 3.42. The van der Waals surface area contributed by atoms with E-state index in [1.165, 1.54) is 11.3 Å². The van der Waals surface area contributed by atoms with Crippen LogP contribution >= 0.6 is 11.3 Å². The fourth-order valence-electron chi connectivity index (χ4n) is 3.11. The van der Waals surface area contributed by atoms with Gasteiger partial charge in [0.15, 0.2) is 0 Å². The minimum Gasteiger partial charge on any atom is -0.390 e. The smallest absolute Gasteiger partial charge is 0.321 e. The molecule has 0 spiro atoms. The van der Waals surface area contributed by atoms with Crippen LogP contribution in [0.3, 0.4) is 0 Å². The van der Waals surface area contributed by atoms with Gasteiger partial charge in [-0.25, -0.2) is 4.79 Å². The quantitative estimate of drug-likeness (QED) is 0.776. The molecular formula is C17H22N4O2S. The Morgan fingerprint density at radius 3 is 2.83 bits per heavy atom. The monoisotopic (exact) mass is 346 g/mol. The molecule has 3 rings (SSSR count). The highest BCUT2D eigenvalue weighted by atomic mass is 32.1. The Balaban J connectivity index is 1.64. The zero-order valence-electron chi connectivity index (χ0n) is 13.8. The minimum atomic E-state index is -0.609. The highest BCUT2D eigenvalue weighted by Crippen LogP contribution is 2.31. The Bertz CT molecular complexity index is 714. The molecule has 0 fully saturated rings. The predicted octanol–water partition coefficient (Wildman–Crippen LogP) is 3.22. The third-order valence-electron chi connectivity index (χ3n) is 4.49. The van der Waals surface area contributed by atoms with Crippen molar-refractivity contribution in [1.82, 2.24) is 15.5 Å². The summed E-state index contributed by atoms with van der Waals surface area (Å²) in [5.41, 5.74) is 2.04. The van der Waals surface area contributed by atoms with Crippen LogP contribution in [0, 0.1) is 0 Å². The number of hydrogen-bond donors (Lipinski definition) is 3. The van der Waals surface area contributed by atoms with Crippen LogP contribution in [-0.4, -0.2) is 27.4 Å². The van der Waals surface area contributed by atoms with Gasteiger partial charge < -0.3 is 10.4 Å². The number of urea groups is 1. The molecule has 0 saturated carbocycles. The lowest BCUT2D eigenvalue weighted by atomic mass is 10.1. The number of nitrogens with one attached hydrogen (secondary N) is 2. The predicted molar refractivity (Wildman–Crippen MR) is 94.3 cm³/mol. The summed E-state index contributed by atoms with van der Waals surface area (Å²) in [4.78, 5) is 12.2. The second-order valence-electron chi connectivity index (χ2n) is 6.01. The Labute approximate surface area is 145 Å². The van der Waals surface area contributed by atoms with Crippen molar-refractivity contribution >= 4 is 22.5 Å². The van der Waals surface area contributed by atoms with Crippen LogP contribution in [0.4, 0.5) is 9.93 Å². The second kappa shape index (κ2) is 7.27. The second-order valence-corrected chi connectivity index (χ2v) is 7.01. The largest absolute Gasteiger partial charge is 0.390 e. The summed E-state index contributed by atoms with van der Waals surface area (Å²) >= 11 is 1.41. The van der Waals surface area contributed by atoms with E-state index in [4.69, 9.17) is 0 Å². The molecule has 0 radical (unpaired) electrons. The molecule has 2 amide bonds. The summed E-state index contributed by atoms with van der Waals surface area (Å²) in [5, 5.41) is 25.4. The molecule has 0 aliphatic heterocycles. The van der Waals surface area contributed by atoms with Gasteiger partial charge >= 0.3 is 6.03 Å². The average Bonchev–Trinajstić information content (AvgIpc) is 3.14. The zero-order chi connectivity index (χ0) is 17.1. The van der Waals surface area contributed by atoms with E-state index in [0.29, 0.717) is 17.5 Å². The van der Waals surface area contributed by atoms with Crippen LogP contribution in [0.2, 0.25) is 0 Å². The number of aromatic nitrogens is 2. The highest BCUT2D eigenvalue weighted by molar-refractivity contribution is 7.15. The first-order valence-electron chi connectivity index (χ1n) is 8.29. The van der Waals surface area contributed by atoms with Gasteiger partial charge in [-0.05, 0) is 24.0 Å². The molecule has 1 aliphatic carbocycles. The number of amides is 2. The van der Waals surface area contributed by atoms with E-state index in [1.807, 2.05) is 24.3 Å². The van der Waals surface area contributed by atoms with Gasteiger partial charge in [-0.15, -0.1) is 10.2 Å². The maximum Gasteiger partial charge on any atom is 0.321 e. The standard InChI is InChI=1S/C17H22N4O2S/c1-3-10(4-2)15-20-21-17(24-15)19-16(23)18-14-12-8-6-5-7-11(12)9-13(14)22/h5-8,10,13-14,22H,3-4,9H2,1-2H3,(H2,18,19,21,23)/t13-,14+/m1/s1. The maximum atomic E-state index is 12.2. The van der Waals surface area contributed by atoms with Gasteiger partial charge in [0.05, 0.1) is 12.1 Å². The van der Waals surface area contributed by atoms with Crippen molar-refractivity contribution in [3.8, 4) is 0 Å². The molecule has 0 bridgehead atoms. The molecule has 3 N–H and O–H groups in total. The van der Waals surface area contributed by atoms with E-state index < -0.39 is 12.1 Å². The molecule has 2 aromatic rings. The Morgan fingerprint density at radius 2 is 2.08 bits per heavy atom. The fraction of sp³-hybridized carbons (Fsp3) is 0.471. The first-order valence-corrected chi connectivity index (χ1v) is 9.10. The molecule has 1 heterocycles. The average molecular weight is 346 g/mol. The van der Waals surface area contributed by atoms with Gasteiger partial charge in [-0.1, -0.05) is 49.4 Å². The summed E-state index contributed by atoms with van der Waals surface area (Å²) < 4.78 is 0. The third-order valence-corrected chi connectivity index (χ3v) is 5.49. The van der Waals surface area contributed by atoms with Crippen molar-refractivity contribution in [1.29, 1.82) is 0 Å². The van der Waals surface area contributed by atoms with E-state index in [1.54, 1.807) is 0 Å². The lowest BCUT2D eigenvalue weighted by molar-refractivity contribution is 0.144. The number of carbonyl (C=O) groups is 1. The first kappa shape index (κ1) is 16.9. The molecular weight excluding hydrogens is 324 g/mol. The summed E-state index contributed by atoms with van der Waals surface area (Å²) in [6.45, 7) is 4.24. The van der Waals surface area contributed by atoms with E-state index >= 15 is 0 Å². The molecule has 0 saturated heterocycles. The topological polar surface area (TPSA) is 87.1 Å². The first-order chi connectivity index (χ1) is 11.6. The highest BCUT2D eigenvalue weighted by Gasteiger charge is 2.32. The number of rotatable bonds is 5. The van der Waals surface area contributed by atoms with Crippen molar-refractivity contribution in [2.75, 3.05) is 5.32 Å². The van der Waals surface area contributed by atoms with Crippen LogP contribution in [-0.2, 0) is 6.42 Å². The van der Waals surface area contributed by atoms with E-state index in [-0.39, 0.29) is 6.03 Å². The van der Waals surface area contributed by atoms with Gasteiger partial charge in [0.2, 0.25) is 5.13 Å². The van der Waals surface area contributed by atoms with Gasteiger partial charge in [0, 0.05) is 12.3 Å². The van der Waals surface area contributed by atoms with E-state index in [2.05, 4.69) is 34.7 Å². The van der Waals surface area contributed by atoms with Gasteiger partial charge in [-0.3, -0.25) is 5.32 Å². The summed E-state index contributed by atoms with van der Waals surface area (Å²) in [5.74, 6) is 0.379. The van der Waals surface area contributed by atoms with Crippen molar-refractivity contribution < 1.29 is 9.90 Å². The number of carbonyl (C=O) groups excluding carboxylic acids is 1. The normalized spacial score (nSPS) is 19.3. The number of hydrogen-bond acceptors (Lipinski definition) is 5. The molecule has 7 heteroatoms. The molecule has 1 aliphatic rings. The van der Waals surface area contributed by atoms with Crippen molar-refractivity contribution in [2.24, 2.45) is 0 Å². The molecule has 24 heavy (non-hydrogen) atoms. The number of aliphatic hydroxyl groups excluding tert-OH is 1. The van der Waals surface area contributed by atoms with Crippen molar-refractivity contribution in [3.05, 3.63) is 40.4 Å². The van der Waals surface area contributed by atoms with Gasteiger partial charge in [0.25, 0.3) is 0 Å². The van der Waals surface area contributed by atoms with Crippen LogP contribution in [0.25, 0.3) is 0 Å². The maximum absolute atomic E-state index is 12.2. The number of aliphatic hydroxyl groups is 1. The summed E-state index contributed by atoms with van der Waals surface area (Å²) in [6.07, 6.45) is 1.95. The van der Waals surface area contributed by atoms with Crippen molar-refractivity contribution in [3.63, 3.8) is 0 Å². The van der Waals surface area contributed by atoms with Crippen LogP contribution in [0.5, 0.6) is 0 Å². The number of anilines is 1. The molecule has 6 nitrogen and oxygen atoms in total. The van der Waals surface area contributed by atoms with Gasteiger partial charge in [-0.2, -0.15) is 0 Å². The van der Waals surface area contributed by atoms with Crippen LogP contribution < -0.4 is 10.6 Å². The van der Waals surface area contributed by atoms with Crippen LogP contribution in [0.15, 0.2) is 24.3 Å². The summed E-state index contributed by atoms with van der Waals surface area (Å²) in [6, 6.07) is 7.00. The Morgan fingerprint density at radius 1 is 1.33 bits per heavy atom. The lowest BCUT2D eigenvalue weighted by Gasteiger charge is -2.17. The fourth-order valence-corrected chi connectivity index (χ4v) is 4.12. The molecule has 2 atom stereocenters. The molecule has 128 valence electrons. The number of fused-ring (bicyclic) bond motifs is 1. The SMILES string of the molecule is CCC(CC)c1nnc(NC(=O)N[C@H]2c3ccccc3C[C@H]2O)s1. The molecule has 1 aromatic heterocycles. The van der Waals surface area contributed by atoms with E-state index in [0.717, 1.165) is 29.0 Å². The van der Waals surface area contributed by atoms with Gasteiger partial charge in [0.1, 0.15) is 5.01 Å². The number of nitrogens with zero attached hydrogens (tertiary/aromatic N) is 2. The van der Waals surface area contributed by atoms with Crippen molar-refractivity contribution in [2.45, 2.75) is 51.2 Å². The van der Waals surface area contributed by atoms with E-state index in [9.17, 15) is 9.90 Å². The molecule has 0 unspecified atom stereocenters. The molecule has 1 aromatic carbocycles. The number of benzene rings is 1. The zero-order valence-corrected chi connectivity index (χ0v) is 14.6. The van der Waals surface area contributed by atoms with Crippen LogP contribution in [0.1, 0.15) is 54.8 Å². The Kier molecular flexibility index (Phi) is 5.11. The Hall–Kier alpha value is -1.99.